The van der Waals surface area contributed by atoms with Gasteiger partial charge in [0.1, 0.15) is 12.5 Å². The van der Waals surface area contributed by atoms with Crippen molar-refractivity contribution >= 4 is 27.4 Å². The number of pyridine rings is 1. The Morgan fingerprint density at radius 1 is 1.24 bits per heavy atom. The molecule has 0 unspecified atom stereocenters. The molecular formula is C20H25ClN4O3S. The second-order valence-electron chi connectivity index (χ2n) is 6.79. The predicted octanol–water partition coefficient (Wildman–Crippen LogP) is 2.90. The fraction of sp³-hybridized carbons (Fsp3) is 0.350. The normalized spacial score (nSPS) is 14.5. The van der Waals surface area contributed by atoms with Crippen LogP contribution in [0.2, 0.25) is 5.02 Å². The van der Waals surface area contributed by atoms with Crippen LogP contribution in [0.3, 0.4) is 0 Å². The third-order valence-electron chi connectivity index (χ3n) is 4.78. The lowest BCUT2D eigenvalue weighted by Gasteiger charge is -2.33. The van der Waals surface area contributed by atoms with E-state index in [9.17, 15) is 8.42 Å². The van der Waals surface area contributed by atoms with Crippen molar-refractivity contribution in [3.05, 3.63) is 65.1 Å². The number of sulfonamides is 1. The SMILES string of the molecule is C=C(NCN(c1nccc(Cl)c1C)S(=O)(=O)c1ccc(C)cc1)N1CCOCC1. The number of nitrogens with one attached hydrogen (secondary N) is 1. The molecule has 2 aromatic rings. The summed E-state index contributed by atoms with van der Waals surface area (Å²) in [7, 11) is -3.87. The van der Waals surface area contributed by atoms with Crippen LogP contribution < -0.4 is 9.62 Å². The van der Waals surface area contributed by atoms with Crippen molar-refractivity contribution in [3.8, 4) is 0 Å². The van der Waals surface area contributed by atoms with E-state index < -0.39 is 10.0 Å². The molecule has 9 heteroatoms. The van der Waals surface area contributed by atoms with Crippen molar-refractivity contribution < 1.29 is 13.2 Å². The lowest BCUT2D eigenvalue weighted by molar-refractivity contribution is 0.0507. The number of halogens is 1. The molecule has 7 nitrogen and oxygen atoms in total. The van der Waals surface area contributed by atoms with Crippen LogP contribution in [0, 0.1) is 13.8 Å². The van der Waals surface area contributed by atoms with Crippen LogP contribution in [0.5, 0.6) is 0 Å². The first kappa shape index (κ1) is 21.4. The summed E-state index contributed by atoms with van der Waals surface area (Å²) in [6, 6.07) is 8.35. The van der Waals surface area contributed by atoms with Gasteiger partial charge in [-0.2, -0.15) is 0 Å². The smallest absolute Gasteiger partial charge is 0.267 e. The minimum atomic E-state index is -3.87. The molecule has 1 aliphatic heterocycles. The van der Waals surface area contributed by atoms with Crippen LogP contribution in [0.15, 0.2) is 53.8 Å². The number of nitrogens with zero attached hydrogens (tertiary/aromatic N) is 3. The Balaban J connectivity index is 1.92. The van der Waals surface area contributed by atoms with Crippen LogP contribution >= 0.6 is 11.6 Å². The molecule has 1 N–H and O–H groups in total. The lowest BCUT2D eigenvalue weighted by atomic mass is 10.2. The fourth-order valence-electron chi connectivity index (χ4n) is 2.97. The Kier molecular flexibility index (Phi) is 6.66. The van der Waals surface area contributed by atoms with Crippen molar-refractivity contribution in [1.29, 1.82) is 0 Å². The topological polar surface area (TPSA) is 74.8 Å². The van der Waals surface area contributed by atoms with E-state index in [1.807, 2.05) is 11.8 Å². The van der Waals surface area contributed by atoms with Gasteiger partial charge in [-0.1, -0.05) is 35.9 Å². The number of aryl methyl sites for hydroxylation is 1. The number of rotatable bonds is 7. The largest absolute Gasteiger partial charge is 0.378 e. The van der Waals surface area contributed by atoms with E-state index in [2.05, 4.69) is 16.9 Å². The number of hydrogen-bond donors (Lipinski definition) is 1. The minimum absolute atomic E-state index is 0.0272. The Labute approximate surface area is 177 Å². The second-order valence-corrected chi connectivity index (χ2v) is 9.06. The van der Waals surface area contributed by atoms with Crippen molar-refractivity contribution in [2.75, 3.05) is 37.3 Å². The molecule has 0 saturated carbocycles. The van der Waals surface area contributed by atoms with Crippen LogP contribution in [0.1, 0.15) is 11.1 Å². The molecule has 1 aromatic heterocycles. The summed E-state index contributed by atoms with van der Waals surface area (Å²) < 4.78 is 33.5. The predicted molar refractivity (Wildman–Crippen MR) is 114 cm³/mol. The highest BCUT2D eigenvalue weighted by Crippen LogP contribution is 2.28. The summed E-state index contributed by atoms with van der Waals surface area (Å²) in [4.78, 5) is 6.51. The van der Waals surface area contributed by atoms with Gasteiger partial charge in [-0.05, 0) is 32.0 Å². The standard InChI is InChI=1S/C20H25ClN4O3S/c1-15-4-6-18(7-5-15)29(26,27)25(20-16(2)19(21)8-9-22-20)14-23-17(3)24-10-12-28-13-11-24/h4-9,23H,3,10-14H2,1-2H3. The van der Waals surface area contributed by atoms with E-state index in [0.717, 1.165) is 5.56 Å². The number of anilines is 1. The van der Waals surface area contributed by atoms with Crippen molar-refractivity contribution in [2.45, 2.75) is 18.7 Å². The van der Waals surface area contributed by atoms with Crippen LogP contribution in [-0.2, 0) is 14.8 Å². The van der Waals surface area contributed by atoms with Gasteiger partial charge in [0.2, 0.25) is 0 Å². The quantitative estimate of drug-likeness (QED) is 0.672. The second kappa shape index (κ2) is 9.02. The molecule has 3 rings (SSSR count). The summed E-state index contributed by atoms with van der Waals surface area (Å²) in [5.74, 6) is 0.914. The Morgan fingerprint density at radius 2 is 1.90 bits per heavy atom. The third kappa shape index (κ3) is 4.83. The van der Waals surface area contributed by atoms with Gasteiger partial charge >= 0.3 is 0 Å². The molecule has 29 heavy (non-hydrogen) atoms. The summed E-state index contributed by atoms with van der Waals surface area (Å²) in [5, 5.41) is 3.57. The molecule has 1 saturated heterocycles. The molecule has 2 heterocycles. The molecule has 0 amide bonds. The highest BCUT2D eigenvalue weighted by Gasteiger charge is 2.28. The van der Waals surface area contributed by atoms with Crippen LogP contribution in [0.4, 0.5) is 5.82 Å². The van der Waals surface area contributed by atoms with E-state index in [1.54, 1.807) is 37.3 Å². The maximum Gasteiger partial charge on any atom is 0.267 e. The van der Waals surface area contributed by atoms with Gasteiger partial charge in [0.25, 0.3) is 10.0 Å². The van der Waals surface area contributed by atoms with Gasteiger partial charge in [-0.25, -0.2) is 17.7 Å². The molecule has 156 valence electrons. The first-order valence-corrected chi connectivity index (χ1v) is 11.1. The van der Waals surface area contributed by atoms with Gasteiger partial charge in [-0.15, -0.1) is 0 Å². The maximum atomic E-state index is 13.4. The number of hydrogen-bond acceptors (Lipinski definition) is 6. The zero-order chi connectivity index (χ0) is 21.0. The number of aromatic nitrogens is 1. The van der Waals surface area contributed by atoms with Crippen molar-refractivity contribution in [3.63, 3.8) is 0 Å². The summed E-state index contributed by atoms with van der Waals surface area (Å²) >= 11 is 6.24. The molecule has 0 aliphatic carbocycles. The molecule has 0 radical (unpaired) electrons. The summed E-state index contributed by atoms with van der Waals surface area (Å²) in [5.41, 5.74) is 1.56. The lowest BCUT2D eigenvalue weighted by Crippen LogP contribution is -2.45. The minimum Gasteiger partial charge on any atom is -0.378 e. The number of ether oxygens (including phenoxy) is 1. The first-order valence-electron chi connectivity index (χ1n) is 9.26. The first-order chi connectivity index (χ1) is 13.8. The average molecular weight is 437 g/mol. The highest BCUT2D eigenvalue weighted by molar-refractivity contribution is 7.92. The molecule has 1 fully saturated rings. The van der Waals surface area contributed by atoms with Gasteiger partial charge < -0.3 is 15.0 Å². The Bertz CT molecular complexity index is 974. The zero-order valence-electron chi connectivity index (χ0n) is 16.6. The molecule has 1 aromatic carbocycles. The van der Waals surface area contributed by atoms with Gasteiger partial charge in [0, 0.05) is 29.9 Å². The number of morpholine rings is 1. The Morgan fingerprint density at radius 3 is 2.55 bits per heavy atom. The Hall–Kier alpha value is -2.29. The average Bonchev–Trinajstić information content (AvgIpc) is 2.72. The fourth-order valence-corrected chi connectivity index (χ4v) is 4.49. The molecule has 0 bridgehead atoms. The van der Waals surface area contributed by atoms with Crippen LogP contribution in [-0.4, -0.2) is 51.3 Å². The van der Waals surface area contributed by atoms with E-state index in [1.165, 1.54) is 10.5 Å². The number of benzene rings is 1. The molecule has 0 atom stereocenters. The van der Waals surface area contributed by atoms with Crippen molar-refractivity contribution in [1.82, 2.24) is 15.2 Å². The van der Waals surface area contributed by atoms with Crippen LogP contribution in [0.25, 0.3) is 0 Å². The van der Waals surface area contributed by atoms with E-state index in [-0.39, 0.29) is 17.4 Å². The summed E-state index contributed by atoms with van der Waals surface area (Å²) in [6.07, 6.45) is 1.50. The molecular weight excluding hydrogens is 412 g/mol. The van der Waals surface area contributed by atoms with E-state index >= 15 is 0 Å². The molecule has 1 aliphatic rings. The van der Waals surface area contributed by atoms with Gasteiger partial charge in [0.15, 0.2) is 0 Å². The maximum absolute atomic E-state index is 13.4. The zero-order valence-corrected chi connectivity index (χ0v) is 18.1. The molecule has 0 spiro atoms. The monoisotopic (exact) mass is 436 g/mol. The van der Waals surface area contributed by atoms with Gasteiger partial charge in [-0.3, -0.25) is 0 Å². The van der Waals surface area contributed by atoms with Gasteiger partial charge in [0.05, 0.1) is 23.9 Å². The van der Waals surface area contributed by atoms with E-state index in [4.69, 9.17) is 16.3 Å². The van der Waals surface area contributed by atoms with E-state index in [0.29, 0.717) is 42.7 Å². The highest BCUT2D eigenvalue weighted by atomic mass is 35.5. The van der Waals surface area contributed by atoms with Crippen molar-refractivity contribution in [2.24, 2.45) is 0 Å². The summed E-state index contributed by atoms with van der Waals surface area (Å²) in [6.45, 7) is 10.3. The third-order valence-corrected chi connectivity index (χ3v) is 6.94.